The van der Waals surface area contributed by atoms with Crippen LogP contribution in [0.3, 0.4) is 0 Å². The van der Waals surface area contributed by atoms with Crippen LogP contribution in [0.5, 0.6) is 17.2 Å². The Morgan fingerprint density at radius 1 is 1.05 bits per heavy atom. The van der Waals surface area contributed by atoms with Crippen LogP contribution in [-0.4, -0.2) is 18.3 Å². The fraction of sp³-hybridized carbons (Fsp3) is 0.250. The maximum atomic E-state index is 9.97. The Hall–Kier alpha value is -2.16. The van der Waals surface area contributed by atoms with Gasteiger partial charge in [0.05, 0.1) is 13.2 Å². The van der Waals surface area contributed by atoms with Crippen molar-refractivity contribution in [1.82, 2.24) is 0 Å². The van der Waals surface area contributed by atoms with Crippen molar-refractivity contribution in [2.24, 2.45) is 0 Å². The Morgan fingerprint density at radius 3 is 2.63 bits per heavy atom. The van der Waals surface area contributed by atoms with Crippen molar-refractivity contribution >= 4 is 0 Å². The zero-order valence-corrected chi connectivity index (χ0v) is 10.8. The second-order valence-corrected chi connectivity index (χ2v) is 4.73. The van der Waals surface area contributed by atoms with E-state index in [-0.39, 0.29) is 5.75 Å². The van der Waals surface area contributed by atoms with Gasteiger partial charge in [0.25, 0.3) is 0 Å². The molecule has 0 aromatic heterocycles. The minimum Gasteiger partial charge on any atom is -0.507 e. The number of benzene rings is 2. The van der Waals surface area contributed by atoms with E-state index in [4.69, 9.17) is 9.47 Å². The van der Waals surface area contributed by atoms with Crippen LogP contribution in [0.4, 0.5) is 0 Å². The summed E-state index contributed by atoms with van der Waals surface area (Å²) in [5.41, 5.74) is 1.68. The Bertz CT molecular complexity index is 588. The predicted molar refractivity (Wildman–Crippen MR) is 73.7 cm³/mol. The third kappa shape index (κ3) is 2.65. The third-order valence-corrected chi connectivity index (χ3v) is 3.18. The van der Waals surface area contributed by atoms with E-state index >= 15 is 0 Å². The molecule has 19 heavy (non-hydrogen) atoms. The summed E-state index contributed by atoms with van der Waals surface area (Å²) in [6.07, 6.45) is 2.64. The lowest BCUT2D eigenvalue weighted by Crippen LogP contribution is -1.95. The second kappa shape index (κ2) is 4.84. The van der Waals surface area contributed by atoms with Crippen LogP contribution >= 0.6 is 0 Å². The molecule has 1 saturated carbocycles. The first kappa shape index (κ1) is 11.9. The monoisotopic (exact) mass is 256 g/mol. The van der Waals surface area contributed by atoms with Crippen LogP contribution in [0.25, 0.3) is 11.1 Å². The van der Waals surface area contributed by atoms with Crippen molar-refractivity contribution < 1.29 is 14.6 Å². The van der Waals surface area contributed by atoms with E-state index in [0.717, 1.165) is 35.5 Å². The lowest BCUT2D eigenvalue weighted by atomic mass is 10.0. The molecule has 1 fully saturated rings. The van der Waals surface area contributed by atoms with Gasteiger partial charge in [0.1, 0.15) is 17.2 Å². The van der Waals surface area contributed by atoms with E-state index < -0.39 is 0 Å². The van der Waals surface area contributed by atoms with Gasteiger partial charge in [-0.1, -0.05) is 12.1 Å². The number of phenolic OH excluding ortho intramolecular Hbond substituents is 1. The Labute approximate surface area is 112 Å². The van der Waals surface area contributed by atoms with Crippen LogP contribution < -0.4 is 9.47 Å². The molecule has 1 aliphatic carbocycles. The average Bonchev–Trinajstić information content (AvgIpc) is 3.23. The largest absolute Gasteiger partial charge is 0.507 e. The zero-order valence-electron chi connectivity index (χ0n) is 10.8. The van der Waals surface area contributed by atoms with Crippen molar-refractivity contribution in [3.8, 4) is 28.4 Å². The van der Waals surface area contributed by atoms with Gasteiger partial charge < -0.3 is 14.6 Å². The Kier molecular flexibility index (Phi) is 3.03. The molecule has 2 aromatic carbocycles. The van der Waals surface area contributed by atoms with Gasteiger partial charge in [-0.15, -0.1) is 0 Å². The number of phenols is 1. The summed E-state index contributed by atoms with van der Waals surface area (Å²) < 4.78 is 11.0. The highest BCUT2D eigenvalue weighted by Gasteiger charge is 2.23. The van der Waals surface area contributed by atoms with E-state index in [1.54, 1.807) is 19.2 Å². The molecule has 0 atom stereocenters. The van der Waals surface area contributed by atoms with Crippen molar-refractivity contribution in [2.75, 3.05) is 7.11 Å². The van der Waals surface area contributed by atoms with Crippen molar-refractivity contribution in [1.29, 1.82) is 0 Å². The first-order chi connectivity index (χ1) is 9.26. The molecule has 0 aliphatic heterocycles. The maximum Gasteiger partial charge on any atom is 0.123 e. The molecular formula is C16H16O3. The average molecular weight is 256 g/mol. The molecule has 0 radical (unpaired) electrons. The normalized spacial score (nSPS) is 14.2. The quantitative estimate of drug-likeness (QED) is 0.908. The molecule has 0 bridgehead atoms. The first-order valence-electron chi connectivity index (χ1n) is 6.40. The lowest BCUT2D eigenvalue weighted by Gasteiger charge is -2.10. The minimum atomic E-state index is 0.240. The molecular weight excluding hydrogens is 240 g/mol. The molecule has 3 rings (SSSR count). The first-order valence-corrected chi connectivity index (χ1v) is 6.40. The summed E-state index contributed by atoms with van der Waals surface area (Å²) in [7, 11) is 1.61. The predicted octanol–water partition coefficient (Wildman–Crippen LogP) is 3.61. The van der Waals surface area contributed by atoms with E-state index in [1.807, 2.05) is 30.3 Å². The van der Waals surface area contributed by atoms with Gasteiger partial charge in [0, 0.05) is 5.56 Å². The van der Waals surface area contributed by atoms with Crippen LogP contribution in [0.2, 0.25) is 0 Å². The minimum absolute atomic E-state index is 0.240. The van der Waals surface area contributed by atoms with Crippen LogP contribution in [0.1, 0.15) is 12.8 Å². The van der Waals surface area contributed by atoms with Gasteiger partial charge >= 0.3 is 0 Å². The highest BCUT2D eigenvalue weighted by molar-refractivity contribution is 5.72. The molecule has 0 spiro atoms. The molecule has 2 aromatic rings. The number of methoxy groups -OCH3 is 1. The van der Waals surface area contributed by atoms with E-state index in [1.165, 1.54) is 0 Å². The molecule has 98 valence electrons. The van der Waals surface area contributed by atoms with Gasteiger partial charge in [0.15, 0.2) is 0 Å². The number of hydrogen-bond acceptors (Lipinski definition) is 3. The van der Waals surface area contributed by atoms with E-state index in [2.05, 4.69) is 0 Å². The number of aromatic hydroxyl groups is 1. The Morgan fingerprint density at radius 2 is 1.89 bits per heavy atom. The highest BCUT2D eigenvalue weighted by atomic mass is 16.5. The van der Waals surface area contributed by atoms with Gasteiger partial charge in [-0.2, -0.15) is 0 Å². The van der Waals surface area contributed by atoms with E-state index in [0.29, 0.717) is 6.10 Å². The fourth-order valence-electron chi connectivity index (χ4n) is 1.99. The zero-order chi connectivity index (χ0) is 13.2. The molecule has 1 N–H and O–H groups in total. The topological polar surface area (TPSA) is 38.7 Å². The molecule has 0 unspecified atom stereocenters. The number of ether oxygens (including phenoxy) is 2. The standard InChI is InChI=1S/C16H16O3/c1-18-13-7-8-16(17)15(10-13)11-3-2-4-14(9-11)19-12-5-6-12/h2-4,7-10,12,17H,5-6H2,1H3. The smallest absolute Gasteiger partial charge is 0.123 e. The Balaban J connectivity index is 1.95. The van der Waals surface area contributed by atoms with Gasteiger partial charge in [-0.25, -0.2) is 0 Å². The molecule has 3 nitrogen and oxygen atoms in total. The van der Waals surface area contributed by atoms with Crippen LogP contribution in [0.15, 0.2) is 42.5 Å². The molecule has 0 amide bonds. The molecule has 0 saturated heterocycles. The summed E-state index contributed by atoms with van der Waals surface area (Å²) in [6.45, 7) is 0. The van der Waals surface area contributed by atoms with Crippen LogP contribution in [0, 0.1) is 0 Å². The van der Waals surface area contributed by atoms with Crippen molar-refractivity contribution in [3.63, 3.8) is 0 Å². The maximum absolute atomic E-state index is 9.97. The van der Waals surface area contributed by atoms with Gasteiger partial charge in [0.2, 0.25) is 0 Å². The van der Waals surface area contributed by atoms with Gasteiger partial charge in [-0.3, -0.25) is 0 Å². The van der Waals surface area contributed by atoms with E-state index in [9.17, 15) is 5.11 Å². The SMILES string of the molecule is COc1ccc(O)c(-c2cccc(OC3CC3)c2)c1. The van der Waals surface area contributed by atoms with Crippen LogP contribution in [-0.2, 0) is 0 Å². The molecule has 3 heteroatoms. The summed E-state index contributed by atoms with van der Waals surface area (Å²) in [5, 5.41) is 9.97. The number of rotatable bonds is 4. The lowest BCUT2D eigenvalue weighted by molar-refractivity contribution is 0.303. The molecule has 0 heterocycles. The van der Waals surface area contributed by atoms with Crippen molar-refractivity contribution in [3.05, 3.63) is 42.5 Å². The van der Waals surface area contributed by atoms with Gasteiger partial charge in [-0.05, 0) is 48.7 Å². The summed E-state index contributed by atoms with van der Waals surface area (Å²) in [4.78, 5) is 0. The summed E-state index contributed by atoms with van der Waals surface area (Å²) in [6, 6.07) is 13.0. The summed E-state index contributed by atoms with van der Waals surface area (Å²) in [5.74, 6) is 1.81. The third-order valence-electron chi connectivity index (χ3n) is 3.18. The van der Waals surface area contributed by atoms with Crippen molar-refractivity contribution in [2.45, 2.75) is 18.9 Å². The molecule has 1 aliphatic rings. The highest BCUT2D eigenvalue weighted by Crippen LogP contribution is 2.35. The fourth-order valence-corrected chi connectivity index (χ4v) is 1.99. The second-order valence-electron chi connectivity index (χ2n) is 4.73. The summed E-state index contributed by atoms with van der Waals surface area (Å²) >= 11 is 0. The number of hydrogen-bond donors (Lipinski definition) is 1.